The van der Waals surface area contributed by atoms with E-state index >= 15 is 0 Å². The fraction of sp³-hybridized carbons (Fsp3) is 0.889. The maximum absolute atomic E-state index is 12.1. The molecular formula is C18H34NO2Y-. The molecule has 2 unspecified atom stereocenters. The number of rotatable bonds is 3. The van der Waals surface area contributed by atoms with E-state index in [0.717, 1.165) is 6.54 Å². The summed E-state index contributed by atoms with van der Waals surface area (Å²) in [6.07, 6.45) is 1.71. The fourth-order valence-corrected chi connectivity index (χ4v) is 3.09. The zero-order valence-electron chi connectivity index (χ0n) is 15.8. The summed E-state index contributed by atoms with van der Waals surface area (Å²) >= 11 is 0. The van der Waals surface area contributed by atoms with Crippen LogP contribution >= 0.6 is 0 Å². The van der Waals surface area contributed by atoms with Gasteiger partial charge in [-0.15, -0.1) is 5.92 Å². The number of amides is 1. The van der Waals surface area contributed by atoms with E-state index in [2.05, 4.69) is 34.2 Å². The van der Waals surface area contributed by atoms with Crippen LogP contribution in [0.15, 0.2) is 0 Å². The van der Waals surface area contributed by atoms with Crippen LogP contribution in [0.25, 0.3) is 0 Å². The van der Waals surface area contributed by atoms with Crippen LogP contribution in [0, 0.1) is 23.8 Å². The molecule has 1 amide bonds. The van der Waals surface area contributed by atoms with Crippen LogP contribution in [0.5, 0.6) is 0 Å². The van der Waals surface area contributed by atoms with Crippen LogP contribution in [0.1, 0.15) is 68.2 Å². The van der Waals surface area contributed by atoms with Gasteiger partial charge in [0.1, 0.15) is 0 Å². The van der Waals surface area contributed by atoms with Gasteiger partial charge in [0.2, 0.25) is 0 Å². The van der Waals surface area contributed by atoms with E-state index in [0.29, 0.717) is 23.7 Å². The Kier molecular flexibility index (Phi) is 8.79. The molecule has 0 aromatic rings. The minimum absolute atomic E-state index is 0. The van der Waals surface area contributed by atoms with Gasteiger partial charge in [0, 0.05) is 32.7 Å². The van der Waals surface area contributed by atoms with Gasteiger partial charge >= 0.3 is 0 Å². The van der Waals surface area contributed by atoms with E-state index in [1.807, 2.05) is 32.6 Å². The van der Waals surface area contributed by atoms with Crippen molar-refractivity contribution in [2.75, 3.05) is 6.54 Å². The number of piperidine rings is 1. The van der Waals surface area contributed by atoms with E-state index in [-0.39, 0.29) is 50.3 Å². The van der Waals surface area contributed by atoms with E-state index in [4.69, 9.17) is 4.74 Å². The summed E-state index contributed by atoms with van der Waals surface area (Å²) in [7, 11) is 0. The number of hydrogen-bond donors (Lipinski definition) is 0. The number of nitrogens with zero attached hydrogens (tertiary/aromatic N) is 1. The van der Waals surface area contributed by atoms with Gasteiger partial charge in [-0.05, 0) is 40.2 Å². The molecule has 2 aliphatic rings. The number of ether oxygens (including phenoxy) is 1. The molecule has 1 heterocycles. The van der Waals surface area contributed by atoms with Crippen molar-refractivity contribution < 1.29 is 42.2 Å². The van der Waals surface area contributed by atoms with E-state index in [1.54, 1.807) is 0 Å². The minimum Gasteiger partial charge on any atom is -0.492 e. The van der Waals surface area contributed by atoms with Crippen molar-refractivity contribution in [3.05, 3.63) is 6.54 Å². The third-order valence-electron chi connectivity index (χ3n) is 4.21. The quantitative estimate of drug-likeness (QED) is 0.679. The van der Waals surface area contributed by atoms with Gasteiger partial charge in [0.15, 0.2) is 5.91 Å². The SMILES string of the molecule is CCC.C[C@H](CC(=O)N1[CH-]C2C(C1)C2(C)C)OC(C)(C)C.[Y]. The number of carbonyl (C=O) groups is 1. The first kappa shape index (κ1) is 22.5. The predicted octanol–water partition coefficient (Wildman–Crippen LogP) is 4.27. The second-order valence-electron chi connectivity index (χ2n) is 8.10. The maximum Gasteiger partial charge on any atom is 0.196 e. The van der Waals surface area contributed by atoms with Crippen LogP contribution < -0.4 is 0 Å². The average Bonchev–Trinajstić information content (AvgIpc) is 2.69. The van der Waals surface area contributed by atoms with E-state index < -0.39 is 0 Å². The summed E-state index contributed by atoms with van der Waals surface area (Å²) in [5, 5.41) is 0. The number of likely N-dealkylation sites (tertiary alicyclic amines) is 1. The van der Waals surface area contributed by atoms with Crippen molar-refractivity contribution in [3.8, 4) is 0 Å². The molecule has 22 heavy (non-hydrogen) atoms. The molecule has 0 aromatic heterocycles. The zero-order chi connectivity index (χ0) is 16.4. The molecule has 3 nitrogen and oxygen atoms in total. The van der Waals surface area contributed by atoms with Crippen molar-refractivity contribution in [1.82, 2.24) is 4.90 Å². The molecule has 2 rings (SSSR count). The Hall–Kier alpha value is 0.534. The van der Waals surface area contributed by atoms with Crippen LogP contribution in [0.4, 0.5) is 0 Å². The summed E-state index contributed by atoms with van der Waals surface area (Å²) < 4.78 is 5.79. The molecule has 4 heteroatoms. The van der Waals surface area contributed by atoms with Gasteiger partial charge in [-0.3, -0.25) is 4.79 Å². The number of fused-ring (bicyclic) bond motifs is 1. The van der Waals surface area contributed by atoms with Gasteiger partial charge in [0.05, 0.1) is 18.1 Å². The Morgan fingerprint density at radius 1 is 1.36 bits per heavy atom. The molecule has 0 N–H and O–H groups in total. The fourth-order valence-electron chi connectivity index (χ4n) is 3.09. The smallest absolute Gasteiger partial charge is 0.196 e. The van der Waals surface area contributed by atoms with Crippen LogP contribution in [0.2, 0.25) is 0 Å². The zero-order valence-corrected chi connectivity index (χ0v) is 18.6. The van der Waals surface area contributed by atoms with Crippen molar-refractivity contribution >= 4 is 5.91 Å². The number of hydrogen-bond acceptors (Lipinski definition) is 2. The normalized spacial score (nSPS) is 26.3. The summed E-state index contributed by atoms with van der Waals surface area (Å²) in [6, 6.07) is 0. The molecule has 1 saturated heterocycles. The molecule has 2 fully saturated rings. The first-order chi connectivity index (χ1) is 9.52. The Morgan fingerprint density at radius 2 is 1.86 bits per heavy atom. The van der Waals surface area contributed by atoms with Crippen LogP contribution in [0.3, 0.4) is 0 Å². The second kappa shape index (κ2) is 8.58. The Balaban J connectivity index is 0.00000102. The molecule has 3 atom stereocenters. The molecule has 1 saturated carbocycles. The molecule has 1 radical (unpaired) electrons. The molecule has 127 valence electrons. The molecular weight excluding hydrogens is 351 g/mol. The summed E-state index contributed by atoms with van der Waals surface area (Å²) in [5.74, 6) is 1.50. The third-order valence-corrected chi connectivity index (χ3v) is 4.21. The Morgan fingerprint density at radius 3 is 2.23 bits per heavy atom. The van der Waals surface area contributed by atoms with Crippen molar-refractivity contribution in [1.29, 1.82) is 0 Å². The molecule has 0 aromatic carbocycles. The number of carbonyl (C=O) groups excluding carboxylic acids is 1. The molecule has 0 bridgehead atoms. The van der Waals surface area contributed by atoms with Crippen LogP contribution in [-0.2, 0) is 42.2 Å². The summed E-state index contributed by atoms with van der Waals surface area (Å²) in [5.41, 5.74) is 0.239. The first-order valence-corrected chi connectivity index (χ1v) is 8.35. The average molecular weight is 385 g/mol. The minimum atomic E-state index is -0.182. The topological polar surface area (TPSA) is 29.5 Å². The summed E-state index contributed by atoms with van der Waals surface area (Å²) in [6.45, 7) is 19.9. The monoisotopic (exact) mass is 385 g/mol. The largest absolute Gasteiger partial charge is 0.492 e. The second-order valence-corrected chi connectivity index (χ2v) is 8.10. The molecule has 1 aliphatic heterocycles. The maximum atomic E-state index is 12.1. The molecule has 0 spiro atoms. The summed E-state index contributed by atoms with van der Waals surface area (Å²) in [4.78, 5) is 14.0. The van der Waals surface area contributed by atoms with Gasteiger partial charge in [-0.2, -0.15) is 0 Å². The van der Waals surface area contributed by atoms with Gasteiger partial charge in [-0.1, -0.05) is 39.5 Å². The van der Waals surface area contributed by atoms with Crippen molar-refractivity contribution in [3.63, 3.8) is 0 Å². The van der Waals surface area contributed by atoms with E-state index in [9.17, 15) is 4.79 Å². The first-order valence-electron chi connectivity index (χ1n) is 8.35. The van der Waals surface area contributed by atoms with Crippen LogP contribution in [-0.4, -0.2) is 29.1 Å². The third kappa shape index (κ3) is 6.21. The van der Waals surface area contributed by atoms with Crippen molar-refractivity contribution in [2.24, 2.45) is 17.3 Å². The van der Waals surface area contributed by atoms with Crippen molar-refractivity contribution in [2.45, 2.75) is 79.9 Å². The standard InChI is InChI=1S/C15H26NO2.C3H8.Y/c1-10(18-14(2,3)4)7-13(17)16-8-11-12(9-16)15(11,5)6;1-3-2;/h8,10-12H,7,9H2,1-6H3;3H2,1-2H3;/q-1;;/t10-,11?,12?;;/m1../s1. The molecule has 1 aliphatic carbocycles. The van der Waals surface area contributed by atoms with Gasteiger partial charge in [0.25, 0.3) is 0 Å². The van der Waals surface area contributed by atoms with E-state index in [1.165, 1.54) is 6.42 Å². The Labute approximate surface area is 162 Å². The predicted molar refractivity (Wildman–Crippen MR) is 87.7 cm³/mol. The van der Waals surface area contributed by atoms with Gasteiger partial charge in [-0.25, -0.2) is 6.54 Å². The Bertz CT molecular complexity index is 349. The van der Waals surface area contributed by atoms with Gasteiger partial charge < -0.3 is 9.64 Å².